The minimum absolute atomic E-state index is 0.154. The van der Waals surface area contributed by atoms with Crippen LogP contribution in [0.15, 0.2) is 16.5 Å². The molecule has 2 aromatic rings. The summed E-state index contributed by atoms with van der Waals surface area (Å²) in [6, 6.07) is 3.54. The lowest BCUT2D eigenvalue weighted by molar-refractivity contribution is -0.0276. The lowest BCUT2D eigenvalue weighted by Crippen LogP contribution is -2.44. The van der Waals surface area contributed by atoms with Gasteiger partial charge in [0.25, 0.3) is 0 Å². The summed E-state index contributed by atoms with van der Waals surface area (Å²) in [7, 11) is 0. The van der Waals surface area contributed by atoms with Crippen molar-refractivity contribution in [1.29, 1.82) is 0 Å². The zero-order chi connectivity index (χ0) is 18.0. The summed E-state index contributed by atoms with van der Waals surface area (Å²) in [5, 5.41) is 11.0. The zero-order valence-electron chi connectivity index (χ0n) is 14.9. The molecule has 8 nitrogen and oxygen atoms in total. The Morgan fingerprint density at radius 1 is 1.32 bits per heavy atom. The van der Waals surface area contributed by atoms with Crippen molar-refractivity contribution in [3.05, 3.63) is 35.3 Å². The van der Waals surface area contributed by atoms with E-state index in [2.05, 4.69) is 20.5 Å². The molecule has 1 aliphatic heterocycles. The summed E-state index contributed by atoms with van der Waals surface area (Å²) in [6.07, 6.45) is -0.406. The van der Waals surface area contributed by atoms with Gasteiger partial charge in [-0.15, -0.1) is 10.2 Å². The van der Waals surface area contributed by atoms with E-state index in [-0.39, 0.29) is 11.9 Å². The van der Waals surface area contributed by atoms with Gasteiger partial charge in [0, 0.05) is 18.2 Å². The van der Waals surface area contributed by atoms with Gasteiger partial charge in [-0.25, -0.2) is 4.79 Å². The highest BCUT2D eigenvalue weighted by atomic mass is 16.5. The Balaban J connectivity index is 1.66. The number of anilines is 1. The van der Waals surface area contributed by atoms with Crippen LogP contribution >= 0.6 is 0 Å². The summed E-state index contributed by atoms with van der Waals surface area (Å²) in [5.74, 6) is 1.14. The van der Waals surface area contributed by atoms with Crippen molar-refractivity contribution < 1.29 is 13.9 Å². The van der Waals surface area contributed by atoms with Gasteiger partial charge in [-0.1, -0.05) is 13.8 Å². The van der Waals surface area contributed by atoms with Crippen LogP contribution in [-0.4, -0.2) is 45.8 Å². The third-order valence-electron chi connectivity index (χ3n) is 4.05. The van der Waals surface area contributed by atoms with Crippen LogP contribution in [0.4, 0.5) is 10.5 Å². The molecule has 0 bridgehead atoms. The normalized spacial score (nSPS) is 17.8. The molecule has 8 heteroatoms. The van der Waals surface area contributed by atoms with Crippen LogP contribution in [0.25, 0.3) is 0 Å². The van der Waals surface area contributed by atoms with E-state index < -0.39 is 6.10 Å². The molecule has 2 aromatic heterocycles. The van der Waals surface area contributed by atoms with Crippen molar-refractivity contribution in [1.82, 2.24) is 20.1 Å². The molecule has 3 rings (SSSR count). The van der Waals surface area contributed by atoms with Crippen molar-refractivity contribution in [2.45, 2.75) is 39.7 Å². The number of carbonyl (C=O) groups is 1. The van der Waals surface area contributed by atoms with E-state index in [0.29, 0.717) is 37.2 Å². The molecule has 3 heterocycles. The van der Waals surface area contributed by atoms with E-state index in [4.69, 9.17) is 9.15 Å². The predicted molar refractivity (Wildman–Crippen MR) is 91.4 cm³/mol. The number of aromatic nitrogens is 3. The Morgan fingerprint density at radius 3 is 2.80 bits per heavy atom. The Kier molecular flexibility index (Phi) is 4.98. The Morgan fingerprint density at radius 2 is 2.12 bits per heavy atom. The Hall–Kier alpha value is -2.48. The number of carbonyl (C=O) groups excluding carboxylic acids is 1. The van der Waals surface area contributed by atoms with Crippen LogP contribution < -0.4 is 5.32 Å². The van der Waals surface area contributed by atoms with E-state index in [1.807, 2.05) is 39.8 Å². The standard InChI is InChI=1S/C17H23N5O3/c1-10(2)15-20-21-16(25-15)14-9-22(7-8-24-14)17(23)19-13-6-5-11(3)18-12(13)4/h5-6,10,14H,7-9H2,1-4H3,(H,19,23). The monoisotopic (exact) mass is 345 g/mol. The van der Waals surface area contributed by atoms with E-state index >= 15 is 0 Å². The molecule has 1 aliphatic rings. The Bertz CT molecular complexity index is 758. The molecule has 134 valence electrons. The van der Waals surface area contributed by atoms with E-state index in [9.17, 15) is 4.79 Å². The molecule has 0 saturated carbocycles. The topological polar surface area (TPSA) is 93.4 Å². The molecule has 1 atom stereocenters. The number of pyridine rings is 1. The molecule has 1 fully saturated rings. The van der Waals surface area contributed by atoms with Gasteiger partial charge < -0.3 is 19.4 Å². The number of ether oxygens (including phenoxy) is 1. The van der Waals surface area contributed by atoms with Crippen molar-refractivity contribution in [2.24, 2.45) is 0 Å². The molecule has 25 heavy (non-hydrogen) atoms. The first-order valence-electron chi connectivity index (χ1n) is 8.39. The van der Waals surface area contributed by atoms with Gasteiger partial charge in [0.15, 0.2) is 6.10 Å². The molecule has 2 amide bonds. The maximum atomic E-state index is 12.6. The molecular formula is C17H23N5O3. The highest BCUT2D eigenvalue weighted by Crippen LogP contribution is 2.24. The SMILES string of the molecule is Cc1ccc(NC(=O)N2CCOC(c3nnc(C(C)C)o3)C2)c(C)n1. The third-order valence-corrected chi connectivity index (χ3v) is 4.05. The van der Waals surface area contributed by atoms with Crippen LogP contribution in [0.5, 0.6) is 0 Å². The first-order chi connectivity index (χ1) is 11.9. The van der Waals surface area contributed by atoms with Gasteiger partial charge in [-0.2, -0.15) is 0 Å². The first-order valence-corrected chi connectivity index (χ1v) is 8.39. The van der Waals surface area contributed by atoms with E-state index in [1.54, 1.807) is 4.90 Å². The number of nitrogens with one attached hydrogen (secondary N) is 1. The number of hydrogen-bond donors (Lipinski definition) is 1. The van der Waals surface area contributed by atoms with Crippen LogP contribution in [0, 0.1) is 13.8 Å². The number of amides is 2. The zero-order valence-corrected chi connectivity index (χ0v) is 14.9. The summed E-state index contributed by atoms with van der Waals surface area (Å²) >= 11 is 0. The summed E-state index contributed by atoms with van der Waals surface area (Å²) < 4.78 is 11.3. The minimum atomic E-state index is -0.406. The maximum Gasteiger partial charge on any atom is 0.322 e. The smallest absolute Gasteiger partial charge is 0.322 e. The van der Waals surface area contributed by atoms with Gasteiger partial charge in [-0.05, 0) is 26.0 Å². The highest BCUT2D eigenvalue weighted by molar-refractivity contribution is 5.89. The second-order valence-electron chi connectivity index (χ2n) is 6.45. The second-order valence-corrected chi connectivity index (χ2v) is 6.45. The molecule has 0 aliphatic carbocycles. The van der Waals surface area contributed by atoms with Crippen LogP contribution in [0.3, 0.4) is 0 Å². The highest BCUT2D eigenvalue weighted by Gasteiger charge is 2.29. The third kappa shape index (κ3) is 3.96. The molecule has 0 spiro atoms. The molecule has 1 N–H and O–H groups in total. The van der Waals surface area contributed by atoms with E-state index in [1.165, 1.54) is 0 Å². The molecule has 0 aromatic carbocycles. The molecule has 1 saturated heterocycles. The largest absolute Gasteiger partial charge is 0.422 e. The second kappa shape index (κ2) is 7.18. The number of rotatable bonds is 3. The average Bonchev–Trinajstić information content (AvgIpc) is 3.08. The number of morpholine rings is 1. The fraction of sp³-hybridized carbons (Fsp3) is 0.529. The number of aryl methyl sites for hydroxylation is 2. The van der Waals surface area contributed by atoms with E-state index in [0.717, 1.165) is 11.4 Å². The number of hydrogen-bond acceptors (Lipinski definition) is 6. The number of nitrogens with zero attached hydrogens (tertiary/aromatic N) is 4. The fourth-order valence-corrected chi connectivity index (χ4v) is 2.61. The van der Waals surface area contributed by atoms with Crippen LogP contribution in [-0.2, 0) is 4.74 Å². The first kappa shape index (κ1) is 17.3. The van der Waals surface area contributed by atoms with Gasteiger partial charge in [-0.3, -0.25) is 4.98 Å². The molecular weight excluding hydrogens is 322 g/mol. The Labute approximate surface area is 146 Å². The molecule has 0 radical (unpaired) electrons. The summed E-state index contributed by atoms with van der Waals surface area (Å²) in [5.41, 5.74) is 2.41. The van der Waals surface area contributed by atoms with Crippen molar-refractivity contribution in [3.63, 3.8) is 0 Å². The lowest BCUT2D eigenvalue weighted by Gasteiger charge is -2.31. The summed E-state index contributed by atoms with van der Waals surface area (Å²) in [4.78, 5) is 18.6. The van der Waals surface area contributed by atoms with Crippen molar-refractivity contribution in [3.8, 4) is 0 Å². The van der Waals surface area contributed by atoms with Gasteiger partial charge in [0.05, 0.1) is 24.5 Å². The van der Waals surface area contributed by atoms with Crippen molar-refractivity contribution >= 4 is 11.7 Å². The lowest BCUT2D eigenvalue weighted by atomic mass is 10.2. The van der Waals surface area contributed by atoms with Crippen LogP contribution in [0.2, 0.25) is 0 Å². The van der Waals surface area contributed by atoms with Gasteiger partial charge >= 0.3 is 6.03 Å². The van der Waals surface area contributed by atoms with Gasteiger partial charge in [0.2, 0.25) is 11.8 Å². The van der Waals surface area contributed by atoms with Crippen LogP contribution in [0.1, 0.15) is 49.0 Å². The number of urea groups is 1. The fourth-order valence-electron chi connectivity index (χ4n) is 2.61. The minimum Gasteiger partial charge on any atom is -0.422 e. The van der Waals surface area contributed by atoms with Crippen molar-refractivity contribution in [2.75, 3.05) is 25.0 Å². The quantitative estimate of drug-likeness (QED) is 0.919. The predicted octanol–water partition coefficient (Wildman–Crippen LogP) is 2.81. The summed E-state index contributed by atoms with van der Waals surface area (Å²) in [6.45, 7) is 9.05. The maximum absolute atomic E-state index is 12.6. The average molecular weight is 345 g/mol. The molecule has 1 unspecified atom stereocenters. The van der Waals surface area contributed by atoms with Gasteiger partial charge in [0.1, 0.15) is 0 Å².